The maximum absolute atomic E-state index is 12.4. The normalized spacial score (nSPS) is 29.6. The maximum atomic E-state index is 12.4. The summed E-state index contributed by atoms with van der Waals surface area (Å²) in [4.78, 5) is 23.7. The molecule has 1 amide bonds. The number of aliphatic carboxylic acids is 1. The topological polar surface area (TPSA) is 78.5 Å². The molecule has 0 unspecified atom stereocenters. The molecule has 0 radical (unpaired) electrons. The molecule has 3 rings (SSSR count). The number of amides is 1. The quantitative estimate of drug-likeness (QED) is 0.824. The highest BCUT2D eigenvalue weighted by molar-refractivity contribution is 5.97. The van der Waals surface area contributed by atoms with Gasteiger partial charge in [0.15, 0.2) is 0 Å². The van der Waals surface area contributed by atoms with E-state index in [1.54, 1.807) is 12.2 Å². The van der Waals surface area contributed by atoms with Crippen molar-refractivity contribution >= 4 is 17.6 Å². The SMILES string of the molecule is Cc1ccc(NC(=O)[C@H]2[C@@H](C(=O)[O-])[C@@H]3C=C[C@H]2O3)c(C)c1. The minimum atomic E-state index is -1.24. The first-order chi connectivity index (χ1) is 9.97. The number of nitrogens with one attached hydrogen (secondary N) is 1. The zero-order valence-electron chi connectivity index (χ0n) is 11.8. The van der Waals surface area contributed by atoms with E-state index in [0.717, 1.165) is 11.1 Å². The number of carboxylic acid groups (broad SMARTS) is 1. The molecular formula is C16H16NO4-. The van der Waals surface area contributed by atoms with Crippen LogP contribution in [0.2, 0.25) is 0 Å². The van der Waals surface area contributed by atoms with E-state index in [2.05, 4.69) is 5.32 Å². The molecule has 2 heterocycles. The molecule has 5 heteroatoms. The summed E-state index contributed by atoms with van der Waals surface area (Å²) in [6, 6.07) is 5.68. The van der Waals surface area contributed by atoms with Gasteiger partial charge in [0.1, 0.15) is 0 Å². The van der Waals surface area contributed by atoms with Gasteiger partial charge in [-0.1, -0.05) is 29.8 Å². The van der Waals surface area contributed by atoms with E-state index < -0.39 is 30.0 Å². The number of rotatable bonds is 3. The highest BCUT2D eigenvalue weighted by Gasteiger charge is 2.50. The van der Waals surface area contributed by atoms with Crippen LogP contribution in [0.3, 0.4) is 0 Å². The second-order valence-corrected chi connectivity index (χ2v) is 5.63. The molecule has 110 valence electrons. The Morgan fingerprint density at radius 1 is 1.14 bits per heavy atom. The van der Waals surface area contributed by atoms with Gasteiger partial charge in [-0.3, -0.25) is 4.79 Å². The van der Waals surface area contributed by atoms with Crippen LogP contribution in [0.4, 0.5) is 5.69 Å². The molecule has 0 saturated carbocycles. The van der Waals surface area contributed by atoms with E-state index in [-0.39, 0.29) is 5.91 Å². The summed E-state index contributed by atoms with van der Waals surface area (Å²) >= 11 is 0. The number of carbonyl (C=O) groups excluding carboxylic acids is 2. The largest absolute Gasteiger partial charge is 0.550 e. The fourth-order valence-corrected chi connectivity index (χ4v) is 3.07. The molecule has 21 heavy (non-hydrogen) atoms. The van der Waals surface area contributed by atoms with Crippen molar-refractivity contribution in [3.05, 3.63) is 41.5 Å². The predicted molar refractivity (Wildman–Crippen MR) is 74.3 cm³/mol. The van der Waals surface area contributed by atoms with Gasteiger partial charge in [0, 0.05) is 17.6 Å². The zero-order chi connectivity index (χ0) is 15.1. The van der Waals surface area contributed by atoms with Crippen LogP contribution < -0.4 is 10.4 Å². The molecule has 1 fully saturated rings. The Hall–Kier alpha value is -2.14. The standard InChI is InChI=1S/C16H17NO4/c1-8-3-4-10(9(2)7-8)17-15(18)13-11-5-6-12(21-11)14(13)16(19)20/h3-7,11-14H,1-2H3,(H,17,18)(H,19,20)/p-1/t11-,12+,13-,14+/m1/s1. The second-order valence-electron chi connectivity index (χ2n) is 5.63. The van der Waals surface area contributed by atoms with Crippen molar-refractivity contribution in [3.8, 4) is 0 Å². The number of ether oxygens (including phenoxy) is 1. The Kier molecular flexibility index (Phi) is 3.29. The van der Waals surface area contributed by atoms with E-state index in [9.17, 15) is 14.7 Å². The Bertz CT molecular complexity index is 637. The molecule has 0 aromatic heterocycles. The Morgan fingerprint density at radius 2 is 1.81 bits per heavy atom. The summed E-state index contributed by atoms with van der Waals surface area (Å²) in [5.74, 6) is -3.25. The van der Waals surface area contributed by atoms with Crippen LogP contribution in [-0.2, 0) is 14.3 Å². The molecule has 2 aliphatic heterocycles. The minimum absolute atomic E-state index is 0.340. The molecular weight excluding hydrogens is 270 g/mol. The molecule has 1 aromatic carbocycles. The van der Waals surface area contributed by atoms with E-state index in [1.807, 2.05) is 32.0 Å². The predicted octanol–water partition coefficient (Wildman–Crippen LogP) is 0.561. The average molecular weight is 286 g/mol. The number of fused-ring (bicyclic) bond motifs is 2. The van der Waals surface area contributed by atoms with Gasteiger partial charge in [-0.25, -0.2) is 0 Å². The summed E-state index contributed by atoms with van der Waals surface area (Å²) in [7, 11) is 0. The van der Waals surface area contributed by atoms with Gasteiger partial charge in [0.25, 0.3) is 0 Å². The Balaban J connectivity index is 1.82. The molecule has 2 bridgehead atoms. The van der Waals surface area contributed by atoms with E-state index >= 15 is 0 Å². The summed E-state index contributed by atoms with van der Waals surface area (Å²) < 4.78 is 5.47. The van der Waals surface area contributed by atoms with Gasteiger partial charge in [0.2, 0.25) is 5.91 Å². The molecule has 4 atom stereocenters. The molecule has 1 aromatic rings. The highest BCUT2D eigenvalue weighted by Crippen LogP contribution is 2.39. The minimum Gasteiger partial charge on any atom is -0.550 e. The Labute approximate surface area is 122 Å². The van der Waals surface area contributed by atoms with Crippen LogP contribution in [-0.4, -0.2) is 24.1 Å². The van der Waals surface area contributed by atoms with Crippen molar-refractivity contribution in [1.82, 2.24) is 0 Å². The third kappa shape index (κ3) is 2.34. The van der Waals surface area contributed by atoms with Crippen LogP contribution >= 0.6 is 0 Å². The van der Waals surface area contributed by atoms with Crippen LogP contribution in [0.25, 0.3) is 0 Å². The molecule has 0 aliphatic carbocycles. The van der Waals surface area contributed by atoms with Gasteiger partial charge in [-0.15, -0.1) is 0 Å². The number of hydrogen-bond acceptors (Lipinski definition) is 4. The van der Waals surface area contributed by atoms with Gasteiger partial charge >= 0.3 is 0 Å². The van der Waals surface area contributed by atoms with Gasteiger partial charge in [-0.2, -0.15) is 0 Å². The Morgan fingerprint density at radius 3 is 2.43 bits per heavy atom. The molecule has 1 N–H and O–H groups in total. The summed E-state index contributed by atoms with van der Waals surface area (Å²) in [5, 5.41) is 14.1. The smallest absolute Gasteiger partial charge is 0.231 e. The monoisotopic (exact) mass is 286 g/mol. The van der Waals surface area contributed by atoms with Gasteiger partial charge in [0.05, 0.1) is 18.1 Å². The molecule has 1 saturated heterocycles. The number of benzene rings is 1. The van der Waals surface area contributed by atoms with Crippen molar-refractivity contribution < 1.29 is 19.4 Å². The van der Waals surface area contributed by atoms with Crippen LogP contribution in [0.15, 0.2) is 30.4 Å². The molecule has 2 aliphatic rings. The summed E-state index contributed by atoms with van der Waals surface area (Å²) in [6.07, 6.45) is 2.39. The number of carbonyl (C=O) groups is 2. The fourth-order valence-electron chi connectivity index (χ4n) is 3.07. The fraction of sp³-hybridized carbons (Fsp3) is 0.375. The van der Waals surface area contributed by atoms with E-state index in [4.69, 9.17) is 4.74 Å². The number of aryl methyl sites for hydroxylation is 2. The first-order valence-corrected chi connectivity index (χ1v) is 6.90. The van der Waals surface area contributed by atoms with Crippen molar-refractivity contribution in [1.29, 1.82) is 0 Å². The summed E-state index contributed by atoms with van der Waals surface area (Å²) in [6.45, 7) is 3.87. The van der Waals surface area contributed by atoms with Gasteiger partial charge < -0.3 is 20.0 Å². The lowest BCUT2D eigenvalue weighted by Crippen LogP contribution is -2.45. The first kappa shape index (κ1) is 13.8. The second kappa shape index (κ2) is 5.00. The van der Waals surface area contributed by atoms with Crippen molar-refractivity contribution in [2.24, 2.45) is 11.8 Å². The maximum Gasteiger partial charge on any atom is 0.231 e. The lowest BCUT2D eigenvalue weighted by molar-refractivity contribution is -0.313. The lowest BCUT2D eigenvalue weighted by atomic mass is 9.82. The average Bonchev–Trinajstić information content (AvgIpc) is 3.02. The van der Waals surface area contributed by atoms with Crippen LogP contribution in [0.1, 0.15) is 11.1 Å². The van der Waals surface area contributed by atoms with E-state index in [0.29, 0.717) is 5.69 Å². The number of anilines is 1. The third-order valence-corrected chi connectivity index (χ3v) is 4.11. The molecule has 5 nitrogen and oxygen atoms in total. The van der Waals surface area contributed by atoms with Crippen molar-refractivity contribution in [2.45, 2.75) is 26.1 Å². The first-order valence-electron chi connectivity index (χ1n) is 6.90. The number of hydrogen-bond donors (Lipinski definition) is 1. The van der Waals surface area contributed by atoms with Crippen LogP contribution in [0, 0.1) is 25.7 Å². The molecule has 0 spiro atoms. The third-order valence-electron chi connectivity index (χ3n) is 4.11. The van der Waals surface area contributed by atoms with E-state index in [1.165, 1.54) is 0 Å². The zero-order valence-corrected chi connectivity index (χ0v) is 11.8. The lowest BCUT2D eigenvalue weighted by Gasteiger charge is -2.25. The van der Waals surface area contributed by atoms with Crippen molar-refractivity contribution in [3.63, 3.8) is 0 Å². The highest BCUT2D eigenvalue weighted by atomic mass is 16.5. The van der Waals surface area contributed by atoms with Crippen molar-refractivity contribution in [2.75, 3.05) is 5.32 Å². The van der Waals surface area contributed by atoms with Crippen LogP contribution in [0.5, 0.6) is 0 Å². The summed E-state index contributed by atoms with van der Waals surface area (Å²) in [5.41, 5.74) is 2.73. The number of carboxylic acids is 1. The van der Waals surface area contributed by atoms with Gasteiger partial charge in [-0.05, 0) is 25.5 Å².